The highest BCUT2D eigenvalue weighted by atomic mass is 32.2. The Kier molecular flexibility index (Phi) is 7.29. The number of aromatic nitrogens is 4. The van der Waals surface area contributed by atoms with Gasteiger partial charge in [0.1, 0.15) is 5.82 Å². The van der Waals surface area contributed by atoms with Crippen molar-refractivity contribution in [2.75, 3.05) is 39.3 Å². The number of piperazine rings is 1. The van der Waals surface area contributed by atoms with Crippen LogP contribution in [0.4, 0.5) is 0 Å². The van der Waals surface area contributed by atoms with Crippen LogP contribution in [-0.4, -0.2) is 92.5 Å². The largest absolute Gasteiger partial charge is 0.373 e. The molecule has 2 aromatic heterocycles. The highest BCUT2D eigenvalue weighted by Gasteiger charge is 2.36. The van der Waals surface area contributed by atoms with Crippen molar-refractivity contribution in [1.29, 1.82) is 0 Å². The Balaban J connectivity index is 1.47. The first-order chi connectivity index (χ1) is 16.1. The average Bonchev–Trinajstić information content (AvgIpc) is 3.09. The van der Waals surface area contributed by atoms with Crippen LogP contribution in [0.25, 0.3) is 11.2 Å². The van der Waals surface area contributed by atoms with Gasteiger partial charge >= 0.3 is 5.69 Å². The van der Waals surface area contributed by atoms with Crippen molar-refractivity contribution in [3.63, 3.8) is 0 Å². The second-order valence-electron chi connectivity index (χ2n) is 9.28. The van der Waals surface area contributed by atoms with Crippen LogP contribution in [0.2, 0.25) is 0 Å². The van der Waals surface area contributed by atoms with Gasteiger partial charge in [0.25, 0.3) is 15.8 Å². The zero-order valence-electron chi connectivity index (χ0n) is 20.4. The third-order valence-corrected chi connectivity index (χ3v) is 8.54. The first-order valence-electron chi connectivity index (χ1n) is 11.9. The van der Waals surface area contributed by atoms with E-state index in [4.69, 9.17) is 4.74 Å². The summed E-state index contributed by atoms with van der Waals surface area (Å²) in [5, 5.41) is 0. The minimum atomic E-state index is -3.55. The Morgan fingerprint density at radius 2 is 1.71 bits per heavy atom. The van der Waals surface area contributed by atoms with Gasteiger partial charge in [0.2, 0.25) is 0 Å². The van der Waals surface area contributed by atoms with Crippen molar-refractivity contribution >= 4 is 21.4 Å². The maximum absolute atomic E-state index is 13.2. The van der Waals surface area contributed by atoms with Crippen LogP contribution < -0.4 is 11.2 Å². The smallest absolute Gasteiger partial charge is 0.330 e. The monoisotopic (exact) mass is 497 g/mol. The molecule has 2 aromatic rings. The molecule has 0 radical (unpaired) electrons. The molecule has 190 valence electrons. The van der Waals surface area contributed by atoms with E-state index >= 15 is 0 Å². The Hall–Kier alpha value is -2.06. The van der Waals surface area contributed by atoms with E-state index in [9.17, 15) is 18.0 Å². The first-order valence-corrected chi connectivity index (χ1v) is 13.3. The molecule has 2 saturated heterocycles. The predicted molar refractivity (Wildman–Crippen MR) is 128 cm³/mol. The van der Waals surface area contributed by atoms with Crippen LogP contribution in [0.3, 0.4) is 0 Å². The molecule has 2 unspecified atom stereocenters. The van der Waals surface area contributed by atoms with Crippen molar-refractivity contribution in [2.24, 2.45) is 7.05 Å². The lowest BCUT2D eigenvalue weighted by molar-refractivity contribution is -0.0457. The Morgan fingerprint density at radius 3 is 2.32 bits per heavy atom. The van der Waals surface area contributed by atoms with Crippen molar-refractivity contribution in [3.05, 3.63) is 26.7 Å². The third kappa shape index (κ3) is 4.85. The van der Waals surface area contributed by atoms with Gasteiger partial charge in [0.15, 0.2) is 11.2 Å². The molecule has 2 atom stereocenters. The van der Waals surface area contributed by atoms with E-state index in [0.717, 1.165) is 12.8 Å². The third-order valence-electron chi connectivity index (χ3n) is 6.58. The van der Waals surface area contributed by atoms with Gasteiger partial charge in [-0.1, -0.05) is 13.3 Å². The zero-order valence-corrected chi connectivity index (χ0v) is 21.2. The minimum Gasteiger partial charge on any atom is -0.373 e. The number of ether oxygens (including phenoxy) is 1. The molecule has 0 bridgehead atoms. The van der Waals surface area contributed by atoms with Crippen molar-refractivity contribution in [3.8, 4) is 0 Å². The molecule has 4 heterocycles. The molecule has 0 spiro atoms. The Bertz CT molecular complexity index is 1230. The SMILES string of the molecule is CCCCn1c(=O)[nH]c(=O)c2c1nc(CN1CCN(S(=O)(=O)N3CC(C)OC(C)C3)CC1)n2C. The number of fused-ring (bicyclic) bond motifs is 1. The summed E-state index contributed by atoms with van der Waals surface area (Å²) >= 11 is 0. The molecule has 0 saturated carbocycles. The second-order valence-corrected chi connectivity index (χ2v) is 11.2. The first kappa shape index (κ1) is 25.0. The fourth-order valence-electron chi connectivity index (χ4n) is 4.76. The summed E-state index contributed by atoms with van der Waals surface area (Å²) in [6.45, 7) is 9.37. The molecule has 2 fully saturated rings. The molecular weight excluding hydrogens is 462 g/mol. The van der Waals surface area contributed by atoms with Crippen molar-refractivity contribution in [1.82, 2.24) is 32.6 Å². The van der Waals surface area contributed by atoms with Gasteiger partial charge in [0.05, 0.1) is 18.8 Å². The number of H-pyrrole nitrogens is 1. The lowest BCUT2D eigenvalue weighted by atomic mass is 10.3. The molecule has 2 aliphatic rings. The number of morpholine rings is 1. The van der Waals surface area contributed by atoms with Crippen LogP contribution in [0, 0.1) is 0 Å². The average molecular weight is 498 g/mol. The summed E-state index contributed by atoms with van der Waals surface area (Å²) in [6, 6.07) is 0. The van der Waals surface area contributed by atoms with Gasteiger partial charge in [0, 0.05) is 52.9 Å². The lowest BCUT2D eigenvalue weighted by Gasteiger charge is -2.40. The fourth-order valence-corrected chi connectivity index (χ4v) is 6.51. The topological polar surface area (TPSA) is 126 Å². The second kappa shape index (κ2) is 9.90. The molecule has 2 aliphatic heterocycles. The number of unbranched alkanes of at least 4 members (excludes halogenated alkanes) is 1. The molecule has 34 heavy (non-hydrogen) atoms. The van der Waals surface area contributed by atoms with Gasteiger partial charge in [-0.2, -0.15) is 17.0 Å². The fraction of sp³-hybridized carbons (Fsp3) is 0.762. The molecule has 0 amide bonds. The summed E-state index contributed by atoms with van der Waals surface area (Å²) in [5.74, 6) is 0.670. The number of hydrogen-bond donors (Lipinski definition) is 1. The maximum Gasteiger partial charge on any atom is 0.330 e. The number of hydrogen-bond acceptors (Lipinski definition) is 7. The highest BCUT2D eigenvalue weighted by Crippen LogP contribution is 2.20. The van der Waals surface area contributed by atoms with Crippen LogP contribution in [0.15, 0.2) is 9.59 Å². The number of nitrogens with one attached hydrogen (secondary N) is 1. The Morgan fingerprint density at radius 1 is 1.06 bits per heavy atom. The molecule has 1 N–H and O–H groups in total. The van der Waals surface area contributed by atoms with Crippen LogP contribution >= 0.6 is 0 Å². The van der Waals surface area contributed by atoms with Gasteiger partial charge in [-0.3, -0.25) is 19.2 Å². The molecular formula is C21H35N7O5S. The van der Waals surface area contributed by atoms with E-state index in [1.165, 1.54) is 13.2 Å². The van der Waals surface area contributed by atoms with E-state index in [0.29, 0.717) is 69.3 Å². The zero-order chi connectivity index (χ0) is 24.6. The van der Waals surface area contributed by atoms with Crippen LogP contribution in [-0.2, 0) is 35.1 Å². The Labute approximate surface area is 199 Å². The van der Waals surface area contributed by atoms with Gasteiger partial charge < -0.3 is 9.30 Å². The molecule has 0 aliphatic carbocycles. The number of rotatable bonds is 7. The maximum atomic E-state index is 13.2. The van der Waals surface area contributed by atoms with E-state index in [-0.39, 0.29) is 12.2 Å². The summed E-state index contributed by atoms with van der Waals surface area (Å²) in [4.78, 5) is 34.0. The molecule has 13 heteroatoms. The van der Waals surface area contributed by atoms with E-state index in [2.05, 4.69) is 14.9 Å². The standard InChI is InChI=1S/C21H35N7O5S/c1-5-6-7-28-19-18(20(29)23-21(28)30)24(4)17(22-19)14-25-8-10-26(11-9-25)34(31,32)27-12-15(2)33-16(3)13-27/h15-16H,5-14H2,1-4H3,(H,23,29,30). The molecule has 4 rings (SSSR count). The predicted octanol–water partition coefficient (Wildman–Crippen LogP) is -0.305. The number of aromatic amines is 1. The van der Waals surface area contributed by atoms with Crippen LogP contribution in [0.5, 0.6) is 0 Å². The molecule has 0 aromatic carbocycles. The summed E-state index contributed by atoms with van der Waals surface area (Å²) in [7, 11) is -1.77. The number of nitrogens with zero attached hydrogens (tertiary/aromatic N) is 6. The normalized spacial score (nSPS) is 23.6. The number of aryl methyl sites for hydroxylation is 2. The van der Waals surface area contributed by atoms with E-state index in [1.807, 2.05) is 20.8 Å². The van der Waals surface area contributed by atoms with Gasteiger partial charge in [-0.15, -0.1) is 0 Å². The van der Waals surface area contributed by atoms with Crippen LogP contribution in [0.1, 0.15) is 39.4 Å². The summed E-state index contributed by atoms with van der Waals surface area (Å²) in [6.07, 6.45) is 1.47. The van der Waals surface area contributed by atoms with Gasteiger partial charge in [-0.05, 0) is 20.3 Å². The van der Waals surface area contributed by atoms with E-state index in [1.54, 1.807) is 11.6 Å². The lowest BCUT2D eigenvalue weighted by Crippen LogP contribution is -2.57. The summed E-state index contributed by atoms with van der Waals surface area (Å²) in [5.41, 5.74) is -0.112. The van der Waals surface area contributed by atoms with Crippen molar-refractivity contribution in [2.45, 2.75) is 58.9 Å². The summed E-state index contributed by atoms with van der Waals surface area (Å²) < 4.78 is 38.3. The van der Waals surface area contributed by atoms with Gasteiger partial charge in [-0.25, -0.2) is 9.78 Å². The quantitative estimate of drug-likeness (QED) is 0.556. The minimum absolute atomic E-state index is 0.129. The van der Waals surface area contributed by atoms with E-state index < -0.39 is 21.5 Å². The highest BCUT2D eigenvalue weighted by molar-refractivity contribution is 7.86. The molecule has 12 nitrogen and oxygen atoms in total. The number of imidazole rings is 1. The van der Waals surface area contributed by atoms with Crippen molar-refractivity contribution < 1.29 is 13.2 Å².